The van der Waals surface area contributed by atoms with Crippen LogP contribution in [0.15, 0.2) is 22.7 Å². The fourth-order valence-electron chi connectivity index (χ4n) is 2.63. The standard InChI is InChI=1S/C14H21BrN2/c1-11-4-2-3-9-17(11)14-10-13(15)6-5-12(14)7-8-16/h5-6,10-11H,2-4,7-9,16H2,1H3. The van der Waals surface area contributed by atoms with Crippen LogP contribution in [0.5, 0.6) is 0 Å². The molecule has 0 aromatic heterocycles. The van der Waals surface area contributed by atoms with Crippen LogP contribution >= 0.6 is 15.9 Å². The van der Waals surface area contributed by atoms with E-state index in [2.05, 4.69) is 46.0 Å². The minimum Gasteiger partial charge on any atom is -0.369 e. The van der Waals surface area contributed by atoms with E-state index in [0.29, 0.717) is 6.04 Å². The normalized spacial score (nSPS) is 20.6. The SMILES string of the molecule is CC1CCCCN1c1cc(Br)ccc1CCN. The summed E-state index contributed by atoms with van der Waals surface area (Å²) in [7, 11) is 0. The van der Waals surface area contributed by atoms with Crippen LogP contribution in [-0.4, -0.2) is 19.1 Å². The fraction of sp³-hybridized carbons (Fsp3) is 0.571. The second-order valence-corrected chi connectivity index (χ2v) is 5.77. The lowest BCUT2D eigenvalue weighted by molar-refractivity contribution is 0.483. The Morgan fingerprint density at radius 3 is 2.94 bits per heavy atom. The van der Waals surface area contributed by atoms with Gasteiger partial charge in [-0.05, 0) is 56.8 Å². The third kappa shape index (κ3) is 3.02. The average molecular weight is 297 g/mol. The smallest absolute Gasteiger partial charge is 0.0412 e. The van der Waals surface area contributed by atoms with Crippen molar-refractivity contribution in [3.05, 3.63) is 28.2 Å². The van der Waals surface area contributed by atoms with Gasteiger partial charge in [-0.3, -0.25) is 0 Å². The van der Waals surface area contributed by atoms with Gasteiger partial charge in [-0.1, -0.05) is 22.0 Å². The van der Waals surface area contributed by atoms with E-state index in [1.807, 2.05) is 0 Å². The van der Waals surface area contributed by atoms with Gasteiger partial charge in [0.15, 0.2) is 0 Å². The van der Waals surface area contributed by atoms with Crippen LogP contribution in [0.2, 0.25) is 0 Å². The summed E-state index contributed by atoms with van der Waals surface area (Å²) in [6, 6.07) is 7.21. The maximum Gasteiger partial charge on any atom is 0.0412 e. The molecule has 94 valence electrons. The number of halogens is 1. The molecule has 0 amide bonds. The molecule has 1 aromatic rings. The van der Waals surface area contributed by atoms with E-state index in [1.54, 1.807) is 0 Å². The molecule has 2 N–H and O–H groups in total. The summed E-state index contributed by atoms with van der Waals surface area (Å²) in [6.45, 7) is 4.22. The Hall–Kier alpha value is -0.540. The molecule has 17 heavy (non-hydrogen) atoms. The van der Waals surface area contributed by atoms with Gasteiger partial charge in [-0.2, -0.15) is 0 Å². The number of hydrogen-bond acceptors (Lipinski definition) is 2. The maximum atomic E-state index is 5.70. The Morgan fingerprint density at radius 1 is 1.41 bits per heavy atom. The van der Waals surface area contributed by atoms with Crippen molar-refractivity contribution in [2.24, 2.45) is 5.73 Å². The van der Waals surface area contributed by atoms with Gasteiger partial charge >= 0.3 is 0 Å². The molecule has 1 atom stereocenters. The highest BCUT2D eigenvalue weighted by Crippen LogP contribution is 2.30. The summed E-state index contributed by atoms with van der Waals surface area (Å²) < 4.78 is 1.16. The van der Waals surface area contributed by atoms with Crippen LogP contribution < -0.4 is 10.6 Å². The molecule has 0 spiro atoms. The van der Waals surface area contributed by atoms with Crippen LogP contribution in [0.4, 0.5) is 5.69 Å². The second kappa shape index (κ2) is 5.87. The monoisotopic (exact) mass is 296 g/mol. The minimum atomic E-state index is 0.648. The lowest BCUT2D eigenvalue weighted by atomic mass is 10.00. The Morgan fingerprint density at radius 2 is 2.24 bits per heavy atom. The Labute approximate surface area is 112 Å². The molecule has 2 nitrogen and oxygen atoms in total. The summed E-state index contributed by atoms with van der Waals surface area (Å²) in [5, 5.41) is 0. The molecule has 0 aliphatic carbocycles. The Balaban J connectivity index is 2.30. The number of hydrogen-bond donors (Lipinski definition) is 1. The van der Waals surface area contributed by atoms with Crippen molar-refractivity contribution in [2.45, 2.75) is 38.6 Å². The first-order chi connectivity index (χ1) is 8.22. The number of nitrogens with zero attached hydrogens (tertiary/aromatic N) is 1. The summed E-state index contributed by atoms with van der Waals surface area (Å²) in [5.41, 5.74) is 8.45. The van der Waals surface area contributed by atoms with E-state index in [1.165, 1.54) is 37.1 Å². The number of benzene rings is 1. The average Bonchev–Trinajstić information content (AvgIpc) is 2.32. The van der Waals surface area contributed by atoms with Crippen molar-refractivity contribution in [3.8, 4) is 0 Å². The van der Waals surface area contributed by atoms with Gasteiger partial charge in [0.05, 0.1) is 0 Å². The van der Waals surface area contributed by atoms with Gasteiger partial charge in [0.25, 0.3) is 0 Å². The zero-order valence-electron chi connectivity index (χ0n) is 10.5. The summed E-state index contributed by atoms with van der Waals surface area (Å²) >= 11 is 3.58. The molecular weight excluding hydrogens is 276 g/mol. The molecule has 3 heteroatoms. The highest BCUT2D eigenvalue weighted by atomic mass is 79.9. The fourth-order valence-corrected chi connectivity index (χ4v) is 2.98. The summed E-state index contributed by atoms with van der Waals surface area (Å²) in [4.78, 5) is 2.54. The van der Waals surface area contributed by atoms with Gasteiger partial charge in [-0.15, -0.1) is 0 Å². The molecule has 1 aromatic carbocycles. The first-order valence-corrected chi connectivity index (χ1v) is 7.27. The molecule has 0 saturated carbocycles. The molecular formula is C14H21BrN2. The molecule has 1 heterocycles. The first kappa shape index (κ1) is 12.9. The van der Waals surface area contributed by atoms with Crippen LogP contribution in [-0.2, 0) is 6.42 Å². The second-order valence-electron chi connectivity index (χ2n) is 4.85. The largest absolute Gasteiger partial charge is 0.369 e. The molecule has 1 fully saturated rings. The van der Waals surface area contributed by atoms with Gasteiger partial charge in [0.1, 0.15) is 0 Å². The van der Waals surface area contributed by atoms with Crippen LogP contribution in [0.1, 0.15) is 31.7 Å². The number of rotatable bonds is 3. The van der Waals surface area contributed by atoms with Crippen molar-refractivity contribution < 1.29 is 0 Å². The van der Waals surface area contributed by atoms with Crippen molar-refractivity contribution in [2.75, 3.05) is 18.0 Å². The van der Waals surface area contributed by atoms with Crippen LogP contribution in [0.25, 0.3) is 0 Å². The molecule has 1 aliphatic rings. The minimum absolute atomic E-state index is 0.648. The molecule has 0 radical (unpaired) electrons. The van der Waals surface area contributed by atoms with Crippen LogP contribution in [0, 0.1) is 0 Å². The lowest BCUT2D eigenvalue weighted by Gasteiger charge is -2.37. The number of piperidine rings is 1. The lowest BCUT2D eigenvalue weighted by Crippen LogP contribution is -2.38. The molecule has 1 saturated heterocycles. The summed E-state index contributed by atoms with van der Waals surface area (Å²) in [6.07, 6.45) is 4.93. The van der Waals surface area contributed by atoms with Crippen molar-refractivity contribution >= 4 is 21.6 Å². The zero-order chi connectivity index (χ0) is 12.3. The topological polar surface area (TPSA) is 29.3 Å². The summed E-state index contributed by atoms with van der Waals surface area (Å²) in [5.74, 6) is 0. The Bertz CT molecular complexity index is 378. The third-order valence-electron chi connectivity index (χ3n) is 3.57. The van der Waals surface area contributed by atoms with E-state index in [0.717, 1.165) is 17.4 Å². The van der Waals surface area contributed by atoms with E-state index in [-0.39, 0.29) is 0 Å². The van der Waals surface area contributed by atoms with E-state index < -0.39 is 0 Å². The molecule has 0 bridgehead atoms. The maximum absolute atomic E-state index is 5.70. The Kier molecular flexibility index (Phi) is 4.46. The van der Waals surface area contributed by atoms with Crippen molar-refractivity contribution in [3.63, 3.8) is 0 Å². The van der Waals surface area contributed by atoms with E-state index in [4.69, 9.17) is 5.73 Å². The predicted octanol–water partition coefficient (Wildman–Crippen LogP) is 3.33. The quantitative estimate of drug-likeness (QED) is 0.927. The van der Waals surface area contributed by atoms with E-state index in [9.17, 15) is 0 Å². The molecule has 2 rings (SSSR count). The van der Waals surface area contributed by atoms with Crippen LogP contribution in [0.3, 0.4) is 0 Å². The zero-order valence-corrected chi connectivity index (χ0v) is 12.0. The number of anilines is 1. The van der Waals surface area contributed by atoms with Gasteiger partial charge in [0.2, 0.25) is 0 Å². The predicted molar refractivity (Wildman–Crippen MR) is 77.6 cm³/mol. The van der Waals surface area contributed by atoms with Gasteiger partial charge in [0, 0.05) is 22.7 Å². The van der Waals surface area contributed by atoms with Gasteiger partial charge in [-0.25, -0.2) is 0 Å². The van der Waals surface area contributed by atoms with Crippen molar-refractivity contribution in [1.82, 2.24) is 0 Å². The van der Waals surface area contributed by atoms with Gasteiger partial charge < -0.3 is 10.6 Å². The molecule has 1 aliphatic heterocycles. The van der Waals surface area contributed by atoms with Crippen molar-refractivity contribution in [1.29, 1.82) is 0 Å². The highest BCUT2D eigenvalue weighted by Gasteiger charge is 2.20. The van der Waals surface area contributed by atoms with E-state index >= 15 is 0 Å². The first-order valence-electron chi connectivity index (χ1n) is 6.47. The third-order valence-corrected chi connectivity index (χ3v) is 4.07. The number of nitrogens with two attached hydrogens (primary N) is 1. The highest BCUT2D eigenvalue weighted by molar-refractivity contribution is 9.10. The molecule has 1 unspecified atom stereocenters.